The number of nitrogens with one attached hydrogen (secondary N) is 1. The van der Waals surface area contributed by atoms with Crippen LogP contribution in [-0.4, -0.2) is 60.7 Å². The average Bonchev–Trinajstić information content (AvgIpc) is 2.74. The largest absolute Gasteiger partial charge is 0.325 e. The van der Waals surface area contributed by atoms with Crippen molar-refractivity contribution in [2.45, 2.75) is 17.9 Å². The third-order valence-electron chi connectivity index (χ3n) is 4.92. The van der Waals surface area contributed by atoms with Crippen molar-refractivity contribution in [2.24, 2.45) is 0 Å². The smallest absolute Gasteiger partial charge is 0.289 e. The van der Waals surface area contributed by atoms with Crippen molar-refractivity contribution in [1.82, 2.24) is 9.21 Å². The van der Waals surface area contributed by atoms with Crippen LogP contribution < -0.4 is 5.32 Å². The van der Waals surface area contributed by atoms with Gasteiger partial charge in [0.05, 0.1) is 11.0 Å². The highest BCUT2D eigenvalue weighted by Gasteiger charge is 2.35. The Morgan fingerprint density at radius 2 is 1.62 bits per heavy atom. The maximum absolute atomic E-state index is 12.9. The third kappa shape index (κ3) is 4.61. The van der Waals surface area contributed by atoms with Gasteiger partial charge in [0.1, 0.15) is 0 Å². The zero-order chi connectivity index (χ0) is 21.0. The molecule has 0 aliphatic carbocycles. The molecule has 1 amide bonds. The summed E-state index contributed by atoms with van der Waals surface area (Å²) in [5.74, 6) is -0.175. The minimum absolute atomic E-state index is 0.150. The highest BCUT2D eigenvalue weighted by Crippen LogP contribution is 2.27. The summed E-state index contributed by atoms with van der Waals surface area (Å²) in [6, 6.07) is 14.0. The van der Waals surface area contributed by atoms with E-state index in [1.807, 2.05) is 23.1 Å². The van der Waals surface area contributed by atoms with Crippen molar-refractivity contribution in [2.75, 3.05) is 31.5 Å². The predicted molar refractivity (Wildman–Crippen MR) is 108 cm³/mol. The van der Waals surface area contributed by atoms with Crippen LogP contribution in [-0.2, 0) is 14.8 Å². The molecule has 1 saturated heterocycles. The maximum atomic E-state index is 12.9. The number of sulfonamides is 1. The molecule has 0 radical (unpaired) electrons. The monoisotopic (exact) mass is 418 g/mol. The van der Waals surface area contributed by atoms with Crippen LogP contribution in [0.3, 0.4) is 0 Å². The lowest BCUT2D eigenvalue weighted by atomic mass is 10.2. The lowest BCUT2D eigenvalue weighted by Crippen LogP contribution is -2.53. The van der Waals surface area contributed by atoms with Gasteiger partial charge in [0, 0.05) is 37.9 Å². The fourth-order valence-electron chi connectivity index (χ4n) is 3.23. The summed E-state index contributed by atoms with van der Waals surface area (Å²) < 4.78 is 27.0. The lowest BCUT2D eigenvalue weighted by Gasteiger charge is -2.36. The molecule has 10 heteroatoms. The Morgan fingerprint density at radius 1 is 1.03 bits per heavy atom. The number of carbonyl (C=O) groups excluding carboxylic acids is 1. The number of benzene rings is 2. The number of piperazine rings is 1. The second-order valence-corrected chi connectivity index (χ2v) is 8.60. The fourth-order valence-corrected chi connectivity index (χ4v) is 4.81. The molecule has 0 spiro atoms. The molecule has 0 bridgehead atoms. The number of amides is 1. The second kappa shape index (κ2) is 8.68. The van der Waals surface area contributed by atoms with Crippen LogP contribution in [0.5, 0.6) is 0 Å². The number of nitro groups is 1. The van der Waals surface area contributed by atoms with Crippen LogP contribution in [0.1, 0.15) is 6.92 Å². The normalized spacial score (nSPS) is 16.9. The SMILES string of the molecule is C[C@H](C(=O)Nc1ccccc1)N1CCN(S(=O)(=O)c2ccccc2[N+](=O)[O-])CC1. The van der Waals surface area contributed by atoms with Gasteiger partial charge in [-0.2, -0.15) is 4.31 Å². The number of anilines is 1. The first-order valence-electron chi connectivity index (χ1n) is 9.14. The Hall–Kier alpha value is -2.82. The molecule has 1 aliphatic rings. The second-order valence-electron chi connectivity index (χ2n) is 6.70. The zero-order valence-electron chi connectivity index (χ0n) is 15.9. The van der Waals surface area contributed by atoms with Crippen LogP contribution >= 0.6 is 0 Å². The summed E-state index contributed by atoms with van der Waals surface area (Å²) >= 11 is 0. The van der Waals surface area contributed by atoms with Crippen LogP contribution in [0.4, 0.5) is 11.4 Å². The molecule has 0 aromatic heterocycles. The van der Waals surface area contributed by atoms with Crippen molar-refractivity contribution in [3.05, 3.63) is 64.7 Å². The van der Waals surface area contributed by atoms with Crippen molar-refractivity contribution in [3.63, 3.8) is 0 Å². The maximum Gasteiger partial charge on any atom is 0.289 e. The van der Waals surface area contributed by atoms with Gasteiger partial charge in [0.15, 0.2) is 4.90 Å². The first-order chi connectivity index (χ1) is 13.8. The fraction of sp³-hybridized carbons (Fsp3) is 0.316. The molecule has 29 heavy (non-hydrogen) atoms. The quantitative estimate of drug-likeness (QED) is 0.567. The van der Waals surface area contributed by atoms with Crippen LogP contribution in [0, 0.1) is 10.1 Å². The van der Waals surface area contributed by atoms with E-state index >= 15 is 0 Å². The van der Waals surface area contributed by atoms with E-state index in [0.717, 1.165) is 0 Å². The molecule has 154 valence electrons. The highest BCUT2D eigenvalue weighted by atomic mass is 32.2. The number of nitro benzene ring substituents is 1. The number of nitrogens with zero attached hydrogens (tertiary/aromatic N) is 3. The van der Waals surface area contributed by atoms with Crippen molar-refractivity contribution >= 4 is 27.3 Å². The van der Waals surface area contributed by atoms with Gasteiger partial charge in [-0.3, -0.25) is 19.8 Å². The van der Waals surface area contributed by atoms with Crippen molar-refractivity contribution in [3.8, 4) is 0 Å². The number of para-hydroxylation sites is 2. The van der Waals surface area contributed by atoms with Gasteiger partial charge in [0.2, 0.25) is 15.9 Å². The molecular weight excluding hydrogens is 396 g/mol. The molecule has 2 aromatic rings. The summed E-state index contributed by atoms with van der Waals surface area (Å²) in [4.78, 5) is 24.5. The number of rotatable bonds is 6. The molecule has 0 unspecified atom stereocenters. The van der Waals surface area contributed by atoms with E-state index in [9.17, 15) is 23.3 Å². The van der Waals surface area contributed by atoms with Gasteiger partial charge in [-0.15, -0.1) is 0 Å². The third-order valence-corrected chi connectivity index (χ3v) is 6.87. The van der Waals surface area contributed by atoms with Crippen molar-refractivity contribution in [1.29, 1.82) is 0 Å². The minimum atomic E-state index is -3.99. The molecule has 1 aliphatic heterocycles. The Balaban J connectivity index is 1.65. The topological polar surface area (TPSA) is 113 Å². The minimum Gasteiger partial charge on any atom is -0.325 e. The Kier molecular flexibility index (Phi) is 6.26. The van der Waals surface area contributed by atoms with E-state index in [1.165, 1.54) is 28.6 Å². The van der Waals surface area contributed by atoms with Gasteiger partial charge < -0.3 is 5.32 Å². The van der Waals surface area contributed by atoms with E-state index in [2.05, 4.69) is 5.32 Å². The van der Waals surface area contributed by atoms with Crippen LogP contribution in [0.2, 0.25) is 0 Å². The van der Waals surface area contributed by atoms with Gasteiger partial charge >= 0.3 is 0 Å². The van der Waals surface area contributed by atoms with E-state index in [4.69, 9.17) is 0 Å². The van der Waals surface area contributed by atoms with E-state index in [-0.39, 0.29) is 23.9 Å². The van der Waals surface area contributed by atoms with Gasteiger partial charge in [-0.1, -0.05) is 30.3 Å². The van der Waals surface area contributed by atoms with Gasteiger partial charge in [-0.05, 0) is 25.1 Å². The molecule has 9 nitrogen and oxygen atoms in total. The Morgan fingerprint density at radius 3 is 2.24 bits per heavy atom. The summed E-state index contributed by atoms with van der Waals surface area (Å²) in [5.41, 5.74) is 0.257. The molecular formula is C19H22N4O5S. The molecule has 3 rings (SSSR count). The zero-order valence-corrected chi connectivity index (χ0v) is 16.7. The van der Waals surface area contributed by atoms with E-state index in [1.54, 1.807) is 19.1 Å². The lowest BCUT2D eigenvalue weighted by molar-refractivity contribution is -0.387. The van der Waals surface area contributed by atoms with E-state index in [0.29, 0.717) is 18.8 Å². The van der Waals surface area contributed by atoms with Gasteiger partial charge in [0.25, 0.3) is 5.69 Å². The standard InChI is InChI=1S/C19H22N4O5S/c1-15(19(24)20-16-7-3-2-4-8-16)21-11-13-22(14-12-21)29(27,28)18-10-6-5-9-17(18)23(25)26/h2-10,15H,11-14H2,1H3,(H,20,24)/t15-/m1/s1. The van der Waals surface area contributed by atoms with Crippen LogP contribution in [0.15, 0.2) is 59.5 Å². The summed E-state index contributed by atoms with van der Waals surface area (Å²) in [7, 11) is -3.99. The summed E-state index contributed by atoms with van der Waals surface area (Å²) in [6.07, 6.45) is 0. The van der Waals surface area contributed by atoms with E-state index < -0.39 is 26.7 Å². The Bertz CT molecular complexity index is 989. The molecule has 1 atom stereocenters. The van der Waals surface area contributed by atoms with Crippen molar-refractivity contribution < 1.29 is 18.1 Å². The van der Waals surface area contributed by atoms with Gasteiger partial charge in [-0.25, -0.2) is 8.42 Å². The predicted octanol–water partition coefficient (Wildman–Crippen LogP) is 1.93. The Labute approximate surface area is 169 Å². The molecule has 1 fully saturated rings. The molecule has 1 N–H and O–H groups in total. The number of carbonyl (C=O) groups is 1. The molecule has 0 saturated carbocycles. The average molecular weight is 418 g/mol. The number of hydrogen-bond acceptors (Lipinski definition) is 6. The molecule has 1 heterocycles. The summed E-state index contributed by atoms with van der Waals surface area (Å²) in [5, 5.41) is 14.0. The highest BCUT2D eigenvalue weighted by molar-refractivity contribution is 7.89. The first-order valence-corrected chi connectivity index (χ1v) is 10.6. The molecule has 2 aromatic carbocycles. The first kappa shape index (κ1) is 20.9. The summed E-state index contributed by atoms with van der Waals surface area (Å²) in [6.45, 7) is 2.77. The van der Waals surface area contributed by atoms with Crippen LogP contribution in [0.25, 0.3) is 0 Å². The number of hydrogen-bond donors (Lipinski definition) is 1.